The minimum Gasteiger partial charge on any atom is -0.385 e. The average Bonchev–Trinajstić information content (AvgIpc) is 2.30. The van der Waals surface area contributed by atoms with Gasteiger partial charge in [-0.2, -0.15) is 0 Å². The number of nitrogens with one attached hydrogen (secondary N) is 1. The summed E-state index contributed by atoms with van der Waals surface area (Å²) in [6.45, 7) is 1.33. The van der Waals surface area contributed by atoms with E-state index in [1.54, 1.807) is 7.11 Å². The average molecular weight is 304 g/mol. The maximum atomic E-state index is 10.8. The molecule has 0 spiro atoms. The number of nitrogens with zero attached hydrogens (tertiary/aromatic N) is 2. The highest BCUT2D eigenvalue weighted by Gasteiger charge is 2.14. The Kier molecular flexibility index (Phi) is 5.85. The molecule has 0 saturated heterocycles. The first kappa shape index (κ1) is 13.9. The van der Waals surface area contributed by atoms with Gasteiger partial charge < -0.3 is 10.1 Å². The molecule has 0 amide bonds. The molecule has 0 aliphatic carbocycles. The summed E-state index contributed by atoms with van der Waals surface area (Å²) in [5, 5.41) is 13.7. The van der Waals surface area contributed by atoms with Crippen LogP contribution >= 0.6 is 15.9 Å². The third kappa shape index (κ3) is 4.66. The van der Waals surface area contributed by atoms with Crippen LogP contribution in [-0.2, 0) is 4.74 Å². The maximum absolute atomic E-state index is 10.8. The molecule has 17 heavy (non-hydrogen) atoms. The van der Waals surface area contributed by atoms with Gasteiger partial charge in [-0.3, -0.25) is 10.1 Å². The molecule has 0 unspecified atom stereocenters. The summed E-state index contributed by atoms with van der Waals surface area (Å²) in [6, 6.07) is 1.44. The molecular formula is C10H14BrN3O3. The van der Waals surface area contributed by atoms with Gasteiger partial charge in [0.2, 0.25) is 5.82 Å². The molecule has 1 aromatic rings. The molecule has 0 aliphatic heterocycles. The predicted octanol–water partition coefficient (Wildman–Crippen LogP) is 2.59. The van der Waals surface area contributed by atoms with Gasteiger partial charge in [0.1, 0.15) is 0 Å². The SMILES string of the molecule is COCCCCNc1ncc(Br)cc1[N+](=O)[O-]. The minimum absolute atomic E-state index is 0.0221. The summed E-state index contributed by atoms with van der Waals surface area (Å²) in [7, 11) is 1.65. The Bertz CT molecular complexity index is 387. The zero-order valence-electron chi connectivity index (χ0n) is 9.48. The number of hydrogen-bond donors (Lipinski definition) is 1. The molecule has 7 heteroatoms. The van der Waals surface area contributed by atoms with E-state index in [1.165, 1.54) is 12.3 Å². The van der Waals surface area contributed by atoms with Crippen molar-refractivity contribution in [2.75, 3.05) is 25.6 Å². The number of ether oxygens (including phenoxy) is 1. The van der Waals surface area contributed by atoms with Gasteiger partial charge in [-0.25, -0.2) is 4.98 Å². The zero-order chi connectivity index (χ0) is 12.7. The number of halogens is 1. The maximum Gasteiger partial charge on any atom is 0.312 e. The van der Waals surface area contributed by atoms with E-state index in [4.69, 9.17) is 4.74 Å². The lowest BCUT2D eigenvalue weighted by Gasteiger charge is -2.05. The lowest BCUT2D eigenvalue weighted by atomic mass is 10.3. The zero-order valence-corrected chi connectivity index (χ0v) is 11.1. The van der Waals surface area contributed by atoms with Crippen LogP contribution in [0.4, 0.5) is 11.5 Å². The summed E-state index contributed by atoms with van der Waals surface area (Å²) in [6.07, 6.45) is 3.32. The second-order valence-electron chi connectivity index (χ2n) is 3.41. The van der Waals surface area contributed by atoms with Gasteiger partial charge in [-0.15, -0.1) is 0 Å². The molecule has 0 radical (unpaired) electrons. The molecule has 1 rings (SSSR count). The number of methoxy groups -OCH3 is 1. The molecule has 1 N–H and O–H groups in total. The van der Waals surface area contributed by atoms with Gasteiger partial charge in [0.25, 0.3) is 0 Å². The van der Waals surface area contributed by atoms with E-state index < -0.39 is 4.92 Å². The van der Waals surface area contributed by atoms with E-state index in [9.17, 15) is 10.1 Å². The Morgan fingerprint density at radius 1 is 1.59 bits per heavy atom. The molecule has 1 heterocycles. The fourth-order valence-electron chi connectivity index (χ4n) is 1.28. The van der Waals surface area contributed by atoms with Crippen LogP contribution in [0.1, 0.15) is 12.8 Å². The van der Waals surface area contributed by atoms with Gasteiger partial charge in [0.15, 0.2) is 0 Å². The summed E-state index contributed by atoms with van der Waals surface area (Å²) >= 11 is 3.16. The summed E-state index contributed by atoms with van der Waals surface area (Å²) in [5.41, 5.74) is -0.0221. The van der Waals surface area contributed by atoms with Crippen molar-refractivity contribution in [3.63, 3.8) is 0 Å². The number of hydrogen-bond acceptors (Lipinski definition) is 5. The Labute approximate surface area is 108 Å². The van der Waals surface area contributed by atoms with E-state index in [1.807, 2.05) is 0 Å². The number of nitro groups is 1. The van der Waals surface area contributed by atoms with Gasteiger partial charge >= 0.3 is 5.69 Å². The van der Waals surface area contributed by atoms with Crippen LogP contribution in [0.3, 0.4) is 0 Å². The summed E-state index contributed by atoms with van der Waals surface area (Å²) in [4.78, 5) is 14.3. The Hall–Kier alpha value is -1.21. The van der Waals surface area contributed by atoms with Crippen molar-refractivity contribution in [3.05, 3.63) is 26.9 Å². The molecule has 0 bridgehead atoms. The highest BCUT2D eigenvalue weighted by atomic mass is 79.9. The van der Waals surface area contributed by atoms with Gasteiger partial charge in [0.05, 0.1) is 4.92 Å². The highest BCUT2D eigenvalue weighted by Crippen LogP contribution is 2.25. The number of unbranched alkanes of at least 4 members (excludes halogenated alkanes) is 1. The van der Waals surface area contributed by atoms with Crippen LogP contribution in [0.25, 0.3) is 0 Å². The third-order valence-corrected chi connectivity index (χ3v) is 2.53. The highest BCUT2D eigenvalue weighted by molar-refractivity contribution is 9.10. The van der Waals surface area contributed by atoms with Gasteiger partial charge in [-0.1, -0.05) is 0 Å². The van der Waals surface area contributed by atoms with E-state index in [-0.39, 0.29) is 5.69 Å². The molecule has 94 valence electrons. The second-order valence-corrected chi connectivity index (χ2v) is 4.32. The first-order chi connectivity index (χ1) is 8.15. The van der Waals surface area contributed by atoms with Crippen LogP contribution in [-0.4, -0.2) is 30.2 Å². The van der Waals surface area contributed by atoms with E-state index >= 15 is 0 Å². The van der Waals surface area contributed by atoms with E-state index in [2.05, 4.69) is 26.2 Å². The van der Waals surface area contributed by atoms with Gasteiger partial charge in [0, 0.05) is 37.0 Å². The van der Waals surface area contributed by atoms with Crippen molar-refractivity contribution in [3.8, 4) is 0 Å². The Morgan fingerprint density at radius 2 is 2.35 bits per heavy atom. The molecule has 0 atom stereocenters. The first-order valence-corrected chi connectivity index (χ1v) is 5.97. The molecule has 0 aliphatic rings. The lowest BCUT2D eigenvalue weighted by Crippen LogP contribution is -2.07. The van der Waals surface area contributed by atoms with Crippen LogP contribution in [0.5, 0.6) is 0 Å². The van der Waals surface area contributed by atoms with E-state index in [0.29, 0.717) is 23.4 Å². The van der Waals surface area contributed by atoms with Crippen molar-refractivity contribution in [1.29, 1.82) is 0 Å². The first-order valence-electron chi connectivity index (χ1n) is 5.18. The smallest absolute Gasteiger partial charge is 0.312 e. The fraction of sp³-hybridized carbons (Fsp3) is 0.500. The fourth-order valence-corrected chi connectivity index (χ4v) is 1.60. The molecule has 1 aromatic heterocycles. The Balaban J connectivity index is 2.55. The van der Waals surface area contributed by atoms with Crippen LogP contribution in [0.15, 0.2) is 16.7 Å². The van der Waals surface area contributed by atoms with Crippen molar-refractivity contribution < 1.29 is 9.66 Å². The number of pyridine rings is 1. The predicted molar refractivity (Wildman–Crippen MR) is 68.2 cm³/mol. The quantitative estimate of drug-likeness (QED) is 0.476. The van der Waals surface area contributed by atoms with Crippen LogP contribution in [0.2, 0.25) is 0 Å². The molecule has 6 nitrogen and oxygen atoms in total. The van der Waals surface area contributed by atoms with Crippen molar-refractivity contribution >= 4 is 27.4 Å². The monoisotopic (exact) mass is 303 g/mol. The largest absolute Gasteiger partial charge is 0.385 e. The van der Waals surface area contributed by atoms with Crippen molar-refractivity contribution in [1.82, 2.24) is 4.98 Å². The number of aromatic nitrogens is 1. The van der Waals surface area contributed by atoms with Crippen molar-refractivity contribution in [2.45, 2.75) is 12.8 Å². The lowest BCUT2D eigenvalue weighted by molar-refractivity contribution is -0.384. The van der Waals surface area contributed by atoms with E-state index in [0.717, 1.165) is 12.8 Å². The van der Waals surface area contributed by atoms with Crippen LogP contribution in [0, 0.1) is 10.1 Å². The minimum atomic E-state index is -0.449. The number of anilines is 1. The Morgan fingerprint density at radius 3 is 3.00 bits per heavy atom. The molecule has 0 fully saturated rings. The normalized spacial score (nSPS) is 10.2. The third-order valence-electron chi connectivity index (χ3n) is 2.10. The molecular weight excluding hydrogens is 290 g/mol. The molecule has 0 saturated carbocycles. The molecule has 0 aromatic carbocycles. The summed E-state index contributed by atoms with van der Waals surface area (Å²) in [5.74, 6) is 0.301. The van der Waals surface area contributed by atoms with Gasteiger partial charge in [-0.05, 0) is 28.8 Å². The van der Waals surface area contributed by atoms with Crippen molar-refractivity contribution in [2.24, 2.45) is 0 Å². The standard InChI is InChI=1S/C10H14BrN3O3/c1-17-5-3-2-4-12-10-9(14(15)16)6-8(11)7-13-10/h6-7H,2-5H2,1H3,(H,12,13). The summed E-state index contributed by atoms with van der Waals surface area (Å²) < 4.78 is 5.51. The second kappa shape index (κ2) is 7.18. The number of rotatable bonds is 7. The topological polar surface area (TPSA) is 77.3 Å². The van der Waals surface area contributed by atoms with Crippen LogP contribution < -0.4 is 5.32 Å².